The molecule has 0 aromatic heterocycles. The zero-order chi connectivity index (χ0) is 19.6. The lowest BCUT2D eigenvalue weighted by Gasteiger charge is -2.25. The van der Waals surface area contributed by atoms with Crippen LogP contribution in [-0.4, -0.2) is 42.0 Å². The number of rotatable bonds is 5. The fourth-order valence-corrected chi connectivity index (χ4v) is 3.31. The average molecular weight is 406 g/mol. The first-order chi connectivity index (χ1) is 12.9. The van der Waals surface area contributed by atoms with Crippen LogP contribution >= 0.6 is 23.2 Å². The van der Waals surface area contributed by atoms with Gasteiger partial charge in [0.25, 0.3) is 11.7 Å². The van der Waals surface area contributed by atoms with E-state index in [9.17, 15) is 14.7 Å². The van der Waals surface area contributed by atoms with Crippen molar-refractivity contribution in [3.05, 3.63) is 75.3 Å². The number of hydrogen-bond donors (Lipinski definition) is 1. The standard InChI is InChI=1S/C20H17Cl2NO4/c1-27-11-10-23-17(12-2-6-14(21)7-3-12)16(19(25)20(23)26)18(24)13-4-8-15(22)9-5-13/h2-9,17,24H,10-11H2,1H3/b18-16+/t17-/m1/s1. The summed E-state index contributed by atoms with van der Waals surface area (Å²) in [7, 11) is 1.52. The Bertz CT molecular complexity index is 891. The van der Waals surface area contributed by atoms with Crippen molar-refractivity contribution in [3.63, 3.8) is 0 Å². The van der Waals surface area contributed by atoms with Crippen LogP contribution in [0.15, 0.2) is 54.1 Å². The summed E-state index contributed by atoms with van der Waals surface area (Å²) in [5.74, 6) is -1.66. The maximum Gasteiger partial charge on any atom is 0.295 e. The smallest absolute Gasteiger partial charge is 0.295 e. The first kappa shape index (κ1) is 19.4. The molecule has 0 unspecified atom stereocenters. The van der Waals surface area contributed by atoms with E-state index in [2.05, 4.69) is 0 Å². The van der Waals surface area contributed by atoms with Crippen LogP contribution in [0, 0.1) is 0 Å². The van der Waals surface area contributed by atoms with E-state index in [1.54, 1.807) is 48.5 Å². The highest BCUT2D eigenvalue weighted by molar-refractivity contribution is 6.46. The number of ether oxygens (including phenoxy) is 1. The van der Waals surface area contributed by atoms with Crippen molar-refractivity contribution in [2.75, 3.05) is 20.3 Å². The zero-order valence-corrected chi connectivity index (χ0v) is 16.0. The number of aliphatic hydroxyl groups excluding tert-OH is 1. The van der Waals surface area contributed by atoms with E-state index in [1.165, 1.54) is 12.0 Å². The largest absolute Gasteiger partial charge is 0.507 e. The molecular weight excluding hydrogens is 389 g/mol. The van der Waals surface area contributed by atoms with E-state index < -0.39 is 17.7 Å². The lowest BCUT2D eigenvalue weighted by atomic mass is 9.95. The fraction of sp³-hybridized carbons (Fsp3) is 0.200. The van der Waals surface area contributed by atoms with Gasteiger partial charge >= 0.3 is 0 Å². The molecule has 1 atom stereocenters. The summed E-state index contributed by atoms with van der Waals surface area (Å²) < 4.78 is 5.06. The second kappa shape index (κ2) is 8.13. The number of amides is 1. The minimum absolute atomic E-state index is 0.0285. The van der Waals surface area contributed by atoms with Gasteiger partial charge in [-0.25, -0.2) is 0 Å². The Balaban J connectivity index is 2.14. The number of carbonyl (C=O) groups is 2. The van der Waals surface area contributed by atoms with Gasteiger partial charge in [0.05, 0.1) is 18.2 Å². The molecule has 1 aliphatic heterocycles. The predicted molar refractivity (Wildman–Crippen MR) is 104 cm³/mol. The van der Waals surface area contributed by atoms with Crippen molar-refractivity contribution in [2.24, 2.45) is 0 Å². The number of methoxy groups -OCH3 is 1. The van der Waals surface area contributed by atoms with Crippen LogP contribution in [0.1, 0.15) is 17.2 Å². The predicted octanol–water partition coefficient (Wildman–Crippen LogP) is 4.06. The Morgan fingerprint density at radius 2 is 1.59 bits per heavy atom. The minimum Gasteiger partial charge on any atom is -0.507 e. The van der Waals surface area contributed by atoms with Crippen molar-refractivity contribution in [1.29, 1.82) is 0 Å². The Morgan fingerprint density at radius 1 is 1.04 bits per heavy atom. The molecular formula is C20H17Cl2NO4. The molecule has 1 heterocycles. The second-order valence-electron chi connectivity index (χ2n) is 6.04. The van der Waals surface area contributed by atoms with E-state index in [-0.39, 0.29) is 24.5 Å². The molecule has 1 aliphatic rings. The van der Waals surface area contributed by atoms with Gasteiger partial charge in [0.15, 0.2) is 0 Å². The summed E-state index contributed by atoms with van der Waals surface area (Å²) >= 11 is 11.9. The Hall–Kier alpha value is -2.34. The van der Waals surface area contributed by atoms with Gasteiger partial charge in [0, 0.05) is 29.3 Å². The number of likely N-dealkylation sites (tertiary alicyclic amines) is 1. The van der Waals surface area contributed by atoms with Crippen LogP contribution in [0.5, 0.6) is 0 Å². The number of ketones is 1. The highest BCUT2D eigenvalue weighted by Gasteiger charge is 2.45. The molecule has 1 N–H and O–H groups in total. The van der Waals surface area contributed by atoms with Crippen molar-refractivity contribution >= 4 is 40.7 Å². The van der Waals surface area contributed by atoms with E-state index in [1.807, 2.05) is 0 Å². The topological polar surface area (TPSA) is 66.8 Å². The van der Waals surface area contributed by atoms with Gasteiger partial charge in [-0.3, -0.25) is 9.59 Å². The summed E-state index contributed by atoms with van der Waals surface area (Å²) in [6.45, 7) is 0.476. The highest BCUT2D eigenvalue weighted by Crippen LogP contribution is 2.39. The number of Topliss-reactive ketones (excluding diaryl/α,β-unsaturated/α-hetero) is 1. The van der Waals surface area contributed by atoms with Crippen molar-refractivity contribution in [2.45, 2.75) is 6.04 Å². The van der Waals surface area contributed by atoms with Crippen LogP contribution in [0.25, 0.3) is 5.76 Å². The summed E-state index contributed by atoms with van der Waals surface area (Å²) in [5.41, 5.74) is 1.11. The molecule has 2 aromatic rings. The number of nitrogens with zero attached hydrogens (tertiary/aromatic N) is 1. The summed E-state index contributed by atoms with van der Waals surface area (Å²) in [4.78, 5) is 26.7. The third-order valence-corrected chi connectivity index (χ3v) is 4.88. The van der Waals surface area contributed by atoms with Crippen molar-refractivity contribution in [3.8, 4) is 0 Å². The van der Waals surface area contributed by atoms with Crippen LogP contribution in [-0.2, 0) is 14.3 Å². The first-order valence-corrected chi connectivity index (χ1v) is 8.98. The molecule has 7 heteroatoms. The molecule has 0 aliphatic carbocycles. The monoisotopic (exact) mass is 405 g/mol. The number of carbonyl (C=O) groups excluding carboxylic acids is 2. The summed E-state index contributed by atoms with van der Waals surface area (Å²) in [6.07, 6.45) is 0. The van der Waals surface area contributed by atoms with Gasteiger partial charge in [-0.2, -0.15) is 0 Å². The van der Waals surface area contributed by atoms with Crippen molar-refractivity contribution < 1.29 is 19.4 Å². The molecule has 0 spiro atoms. The molecule has 5 nitrogen and oxygen atoms in total. The van der Waals surface area contributed by atoms with Crippen LogP contribution in [0.3, 0.4) is 0 Å². The molecule has 0 saturated carbocycles. The van der Waals surface area contributed by atoms with E-state index in [0.717, 1.165) is 0 Å². The molecule has 140 valence electrons. The van der Waals surface area contributed by atoms with Gasteiger partial charge in [0.2, 0.25) is 0 Å². The van der Waals surface area contributed by atoms with Crippen molar-refractivity contribution in [1.82, 2.24) is 4.90 Å². The van der Waals surface area contributed by atoms with Gasteiger partial charge in [-0.05, 0) is 42.0 Å². The number of benzene rings is 2. The molecule has 2 aromatic carbocycles. The number of aliphatic hydroxyl groups is 1. The van der Waals surface area contributed by atoms with E-state index in [4.69, 9.17) is 27.9 Å². The minimum atomic E-state index is -0.737. The molecule has 1 fully saturated rings. The SMILES string of the molecule is COCCN1C(=O)C(=O)/C(=C(/O)c2ccc(Cl)cc2)[C@H]1c1ccc(Cl)cc1. The Morgan fingerprint density at radius 3 is 2.15 bits per heavy atom. The maximum atomic E-state index is 12.7. The quantitative estimate of drug-likeness (QED) is 0.462. The first-order valence-electron chi connectivity index (χ1n) is 8.22. The average Bonchev–Trinajstić information content (AvgIpc) is 2.91. The van der Waals surface area contributed by atoms with E-state index >= 15 is 0 Å². The lowest BCUT2D eigenvalue weighted by Crippen LogP contribution is -2.32. The normalized spacial score (nSPS) is 18.9. The van der Waals surface area contributed by atoms with Gasteiger partial charge in [-0.1, -0.05) is 35.3 Å². The lowest BCUT2D eigenvalue weighted by molar-refractivity contribution is -0.140. The fourth-order valence-electron chi connectivity index (χ4n) is 3.06. The van der Waals surface area contributed by atoms with Crippen LogP contribution in [0.4, 0.5) is 0 Å². The molecule has 3 rings (SSSR count). The van der Waals surface area contributed by atoms with E-state index in [0.29, 0.717) is 21.2 Å². The summed E-state index contributed by atoms with van der Waals surface area (Å²) in [5, 5.41) is 11.8. The van der Waals surface area contributed by atoms with Gasteiger partial charge < -0.3 is 14.7 Å². The summed E-state index contributed by atoms with van der Waals surface area (Å²) in [6, 6.07) is 12.5. The van der Waals surface area contributed by atoms with Gasteiger partial charge in [-0.15, -0.1) is 0 Å². The highest BCUT2D eigenvalue weighted by atomic mass is 35.5. The second-order valence-corrected chi connectivity index (χ2v) is 6.92. The third kappa shape index (κ3) is 3.86. The zero-order valence-electron chi connectivity index (χ0n) is 14.5. The number of hydrogen-bond acceptors (Lipinski definition) is 4. The molecule has 1 saturated heterocycles. The molecule has 1 amide bonds. The van der Waals surface area contributed by atoms with Gasteiger partial charge in [0.1, 0.15) is 5.76 Å². The molecule has 0 bridgehead atoms. The number of halogens is 2. The Labute approximate surface area is 166 Å². The Kier molecular flexibility index (Phi) is 5.85. The maximum absolute atomic E-state index is 12.7. The van der Waals surface area contributed by atoms with Crippen LogP contribution < -0.4 is 0 Å². The van der Waals surface area contributed by atoms with Crippen LogP contribution in [0.2, 0.25) is 10.0 Å². The third-order valence-electron chi connectivity index (χ3n) is 4.38. The molecule has 27 heavy (non-hydrogen) atoms. The molecule has 0 radical (unpaired) electrons.